The average Bonchev–Trinajstić information content (AvgIpc) is 2.50. The minimum absolute atomic E-state index is 0.210. The van der Waals surface area contributed by atoms with Crippen molar-refractivity contribution in [2.45, 2.75) is 46.0 Å². The SMILES string of the molecule is CC(C)CCCC/C=C/[C@@H]1CC(=O)OC1=O. The maximum atomic E-state index is 11.1. The van der Waals surface area contributed by atoms with Gasteiger partial charge in [0.15, 0.2) is 0 Å². The quantitative estimate of drug-likeness (QED) is 0.301. The lowest BCUT2D eigenvalue weighted by molar-refractivity contribution is -0.152. The van der Waals surface area contributed by atoms with E-state index < -0.39 is 11.9 Å². The molecular weight excluding hydrogens is 204 g/mol. The van der Waals surface area contributed by atoms with Crippen molar-refractivity contribution >= 4 is 11.9 Å². The summed E-state index contributed by atoms with van der Waals surface area (Å²) in [4.78, 5) is 21.9. The van der Waals surface area contributed by atoms with Crippen LogP contribution in [0.1, 0.15) is 46.0 Å². The van der Waals surface area contributed by atoms with Gasteiger partial charge in [0, 0.05) is 0 Å². The summed E-state index contributed by atoms with van der Waals surface area (Å²) < 4.78 is 4.45. The number of unbranched alkanes of at least 4 members (excludes halogenated alkanes) is 2. The second-order valence-electron chi connectivity index (χ2n) is 4.71. The molecule has 1 heterocycles. The lowest BCUT2D eigenvalue weighted by Gasteiger charge is -2.02. The van der Waals surface area contributed by atoms with Gasteiger partial charge in [-0.3, -0.25) is 9.59 Å². The monoisotopic (exact) mass is 224 g/mol. The van der Waals surface area contributed by atoms with Gasteiger partial charge in [0.05, 0.1) is 12.3 Å². The molecule has 0 unspecified atom stereocenters. The fourth-order valence-corrected chi connectivity index (χ4v) is 1.71. The number of hydrogen-bond donors (Lipinski definition) is 0. The zero-order chi connectivity index (χ0) is 12.0. The lowest BCUT2D eigenvalue weighted by Crippen LogP contribution is -2.03. The highest BCUT2D eigenvalue weighted by atomic mass is 16.6. The van der Waals surface area contributed by atoms with Crippen LogP contribution in [0.5, 0.6) is 0 Å². The number of allylic oxidation sites excluding steroid dienone is 1. The molecule has 0 N–H and O–H groups in total. The molecular formula is C13H20O3. The van der Waals surface area contributed by atoms with Crippen molar-refractivity contribution in [3.63, 3.8) is 0 Å². The number of cyclic esters (lactones) is 2. The zero-order valence-electron chi connectivity index (χ0n) is 10.1. The number of ether oxygens (including phenoxy) is 1. The van der Waals surface area contributed by atoms with E-state index in [2.05, 4.69) is 18.6 Å². The van der Waals surface area contributed by atoms with E-state index in [0.29, 0.717) is 0 Å². The van der Waals surface area contributed by atoms with E-state index in [1.807, 2.05) is 12.2 Å². The van der Waals surface area contributed by atoms with Crippen molar-refractivity contribution in [2.75, 3.05) is 0 Å². The molecule has 1 aliphatic rings. The predicted octanol–water partition coefficient (Wildman–Crippen LogP) is 2.85. The Bertz CT molecular complexity index is 279. The number of carbonyl (C=O) groups excluding carboxylic acids is 2. The second kappa shape index (κ2) is 6.46. The standard InChI is InChI=1S/C13H20O3/c1-10(2)7-5-3-4-6-8-11-9-12(14)16-13(11)15/h6,8,10-11H,3-5,7,9H2,1-2H3/b8-6+/t11-/m1/s1. The Morgan fingerprint density at radius 1 is 1.38 bits per heavy atom. The van der Waals surface area contributed by atoms with Gasteiger partial charge in [0.25, 0.3) is 0 Å². The molecule has 0 spiro atoms. The molecule has 0 radical (unpaired) electrons. The summed E-state index contributed by atoms with van der Waals surface area (Å²) >= 11 is 0. The van der Waals surface area contributed by atoms with Gasteiger partial charge in [-0.05, 0) is 18.8 Å². The van der Waals surface area contributed by atoms with E-state index in [4.69, 9.17) is 0 Å². The molecule has 1 aliphatic heterocycles. The number of rotatable bonds is 6. The third kappa shape index (κ3) is 4.60. The molecule has 0 aromatic rings. The highest BCUT2D eigenvalue weighted by molar-refractivity contribution is 5.95. The largest absolute Gasteiger partial charge is 0.393 e. The molecule has 90 valence electrons. The van der Waals surface area contributed by atoms with Gasteiger partial charge >= 0.3 is 11.9 Å². The summed E-state index contributed by atoms with van der Waals surface area (Å²) in [6, 6.07) is 0. The second-order valence-corrected chi connectivity index (χ2v) is 4.71. The van der Waals surface area contributed by atoms with Crippen LogP contribution in [0.2, 0.25) is 0 Å². The molecule has 0 amide bonds. The van der Waals surface area contributed by atoms with Crippen molar-refractivity contribution in [1.82, 2.24) is 0 Å². The summed E-state index contributed by atoms with van der Waals surface area (Å²) in [6.45, 7) is 4.44. The maximum absolute atomic E-state index is 11.1. The molecule has 16 heavy (non-hydrogen) atoms. The van der Waals surface area contributed by atoms with Crippen LogP contribution in [-0.4, -0.2) is 11.9 Å². The predicted molar refractivity (Wildman–Crippen MR) is 61.7 cm³/mol. The van der Waals surface area contributed by atoms with Crippen LogP contribution in [0.25, 0.3) is 0 Å². The molecule has 1 fully saturated rings. The van der Waals surface area contributed by atoms with Crippen LogP contribution in [0.3, 0.4) is 0 Å². The smallest absolute Gasteiger partial charge is 0.321 e. The molecule has 1 saturated heterocycles. The van der Waals surface area contributed by atoms with E-state index in [0.717, 1.165) is 18.8 Å². The van der Waals surface area contributed by atoms with Crippen molar-refractivity contribution in [3.05, 3.63) is 12.2 Å². The first kappa shape index (κ1) is 12.9. The average molecular weight is 224 g/mol. The molecule has 3 nitrogen and oxygen atoms in total. The number of esters is 2. The Morgan fingerprint density at radius 3 is 2.69 bits per heavy atom. The fraction of sp³-hybridized carbons (Fsp3) is 0.692. The van der Waals surface area contributed by atoms with Crippen LogP contribution < -0.4 is 0 Å². The van der Waals surface area contributed by atoms with E-state index in [1.54, 1.807) is 0 Å². The Kier molecular flexibility index (Phi) is 5.23. The normalized spacial score (nSPS) is 21.1. The van der Waals surface area contributed by atoms with Crippen LogP contribution in [-0.2, 0) is 14.3 Å². The summed E-state index contributed by atoms with van der Waals surface area (Å²) in [7, 11) is 0. The Balaban J connectivity index is 2.13. The molecule has 0 aromatic carbocycles. The fourth-order valence-electron chi connectivity index (χ4n) is 1.71. The maximum Gasteiger partial charge on any atom is 0.321 e. The van der Waals surface area contributed by atoms with Crippen molar-refractivity contribution < 1.29 is 14.3 Å². The topological polar surface area (TPSA) is 43.4 Å². The first-order valence-corrected chi connectivity index (χ1v) is 6.00. The third-order valence-electron chi connectivity index (χ3n) is 2.67. The van der Waals surface area contributed by atoms with E-state index in [9.17, 15) is 9.59 Å². The van der Waals surface area contributed by atoms with Crippen molar-refractivity contribution in [3.8, 4) is 0 Å². The highest BCUT2D eigenvalue weighted by Crippen LogP contribution is 2.17. The molecule has 1 atom stereocenters. The molecule has 3 heteroatoms. The van der Waals surface area contributed by atoms with Gasteiger partial charge in [-0.1, -0.05) is 38.8 Å². The Morgan fingerprint density at radius 2 is 2.12 bits per heavy atom. The van der Waals surface area contributed by atoms with Gasteiger partial charge in [0.2, 0.25) is 0 Å². The van der Waals surface area contributed by atoms with E-state index in [-0.39, 0.29) is 12.3 Å². The van der Waals surface area contributed by atoms with Crippen molar-refractivity contribution in [1.29, 1.82) is 0 Å². The summed E-state index contributed by atoms with van der Waals surface area (Å²) in [5.74, 6) is -0.383. The summed E-state index contributed by atoms with van der Waals surface area (Å²) in [5, 5.41) is 0. The van der Waals surface area contributed by atoms with Gasteiger partial charge in [-0.25, -0.2) is 0 Å². The first-order valence-electron chi connectivity index (χ1n) is 6.00. The molecule has 0 bridgehead atoms. The minimum Gasteiger partial charge on any atom is -0.393 e. The van der Waals surface area contributed by atoms with Crippen molar-refractivity contribution in [2.24, 2.45) is 11.8 Å². The van der Waals surface area contributed by atoms with Crippen LogP contribution in [0, 0.1) is 11.8 Å². The highest BCUT2D eigenvalue weighted by Gasteiger charge is 2.30. The molecule has 0 aliphatic carbocycles. The third-order valence-corrected chi connectivity index (χ3v) is 2.67. The Hall–Kier alpha value is -1.12. The van der Waals surface area contributed by atoms with Crippen LogP contribution >= 0.6 is 0 Å². The summed E-state index contributed by atoms with van der Waals surface area (Å²) in [6.07, 6.45) is 8.59. The van der Waals surface area contributed by atoms with Gasteiger partial charge < -0.3 is 4.74 Å². The zero-order valence-corrected chi connectivity index (χ0v) is 10.1. The molecule has 0 aromatic heterocycles. The van der Waals surface area contributed by atoms with Gasteiger partial charge in [-0.15, -0.1) is 0 Å². The summed E-state index contributed by atoms with van der Waals surface area (Å²) in [5.41, 5.74) is 0. The van der Waals surface area contributed by atoms with E-state index in [1.165, 1.54) is 12.8 Å². The number of hydrogen-bond acceptors (Lipinski definition) is 3. The van der Waals surface area contributed by atoms with Gasteiger partial charge in [0.1, 0.15) is 0 Å². The van der Waals surface area contributed by atoms with E-state index >= 15 is 0 Å². The lowest BCUT2D eigenvalue weighted by atomic mass is 10.0. The Labute approximate surface area is 96.9 Å². The number of carbonyl (C=O) groups is 2. The molecule has 0 saturated carbocycles. The first-order chi connectivity index (χ1) is 7.59. The van der Waals surface area contributed by atoms with Gasteiger partial charge in [-0.2, -0.15) is 0 Å². The van der Waals surface area contributed by atoms with Crippen LogP contribution in [0.4, 0.5) is 0 Å². The minimum atomic E-state index is -0.403. The van der Waals surface area contributed by atoms with Crippen LogP contribution in [0.15, 0.2) is 12.2 Å². The molecule has 1 rings (SSSR count).